The summed E-state index contributed by atoms with van der Waals surface area (Å²) in [6.45, 7) is 0. The highest BCUT2D eigenvalue weighted by molar-refractivity contribution is 8.02. The van der Waals surface area contributed by atoms with Crippen LogP contribution in [-0.2, 0) is 9.59 Å². The first-order chi connectivity index (χ1) is 6.33. The largest absolute Gasteiger partial charge is 0.346 e. The van der Waals surface area contributed by atoms with Gasteiger partial charge in [0.25, 0.3) is 0 Å². The topological polar surface area (TPSA) is 46.2 Å². The van der Waals surface area contributed by atoms with Crippen molar-refractivity contribution in [1.82, 2.24) is 5.32 Å². The lowest BCUT2D eigenvalue weighted by Gasteiger charge is -2.12. The molecule has 1 aliphatic heterocycles. The maximum absolute atomic E-state index is 11.2. The van der Waals surface area contributed by atoms with Crippen molar-refractivity contribution in [3.05, 3.63) is 11.5 Å². The quantitative estimate of drug-likeness (QED) is 0.643. The van der Waals surface area contributed by atoms with Gasteiger partial charge in [-0.2, -0.15) is 0 Å². The second-order valence-electron chi connectivity index (χ2n) is 2.91. The number of aldehydes is 1. The molecule has 72 valence electrons. The number of hydrogen-bond donors (Lipinski definition) is 1. The number of thioether (sulfide) groups is 1. The molecule has 1 unspecified atom stereocenters. The minimum absolute atomic E-state index is 0.0204. The van der Waals surface area contributed by atoms with Gasteiger partial charge in [0.15, 0.2) is 0 Å². The summed E-state index contributed by atoms with van der Waals surface area (Å²) in [5.41, 5.74) is 0. The molecule has 0 spiro atoms. The first-order valence-corrected chi connectivity index (χ1v) is 5.39. The van der Waals surface area contributed by atoms with Crippen LogP contribution < -0.4 is 5.32 Å². The first kappa shape index (κ1) is 10.3. The number of carbonyl (C=O) groups excluding carboxylic acids is 2. The molecule has 1 aliphatic rings. The maximum Gasteiger partial charge on any atom is 0.220 e. The smallest absolute Gasteiger partial charge is 0.220 e. The average Bonchev–Trinajstić information content (AvgIpc) is 2.15. The van der Waals surface area contributed by atoms with Gasteiger partial charge < -0.3 is 10.1 Å². The van der Waals surface area contributed by atoms with E-state index in [4.69, 9.17) is 0 Å². The highest BCUT2D eigenvalue weighted by Crippen LogP contribution is 2.08. The van der Waals surface area contributed by atoms with E-state index in [1.54, 1.807) is 11.8 Å². The molecule has 1 rings (SSSR count). The SMILES string of the molecule is O=CC1CSC=CCCCC(=O)N1. The fourth-order valence-electron chi connectivity index (χ4n) is 1.07. The number of amides is 1. The minimum atomic E-state index is -0.333. The average molecular weight is 199 g/mol. The summed E-state index contributed by atoms with van der Waals surface area (Å²) in [4.78, 5) is 21.7. The Hall–Kier alpha value is -0.770. The third-order valence-corrected chi connectivity index (χ3v) is 2.69. The predicted molar refractivity (Wildman–Crippen MR) is 53.4 cm³/mol. The molecule has 0 aromatic heterocycles. The lowest BCUT2D eigenvalue weighted by atomic mass is 10.2. The molecule has 13 heavy (non-hydrogen) atoms. The molecular formula is C9H13NO2S. The number of rotatable bonds is 1. The van der Waals surface area contributed by atoms with Gasteiger partial charge in [-0.05, 0) is 18.2 Å². The number of allylic oxidation sites excluding steroid dienone is 1. The lowest BCUT2D eigenvalue weighted by molar-refractivity contribution is -0.123. The molecule has 4 heteroatoms. The zero-order valence-electron chi connectivity index (χ0n) is 7.36. The van der Waals surface area contributed by atoms with Gasteiger partial charge in [-0.1, -0.05) is 6.08 Å². The first-order valence-electron chi connectivity index (χ1n) is 4.34. The van der Waals surface area contributed by atoms with Crippen LogP contribution in [0.25, 0.3) is 0 Å². The van der Waals surface area contributed by atoms with Crippen molar-refractivity contribution in [1.29, 1.82) is 0 Å². The van der Waals surface area contributed by atoms with Crippen LogP contribution >= 0.6 is 11.8 Å². The van der Waals surface area contributed by atoms with Crippen molar-refractivity contribution in [2.75, 3.05) is 5.75 Å². The van der Waals surface area contributed by atoms with Gasteiger partial charge in [0.05, 0.1) is 6.04 Å². The van der Waals surface area contributed by atoms with Crippen molar-refractivity contribution in [3.8, 4) is 0 Å². The fourth-order valence-corrected chi connectivity index (χ4v) is 1.82. The molecule has 0 bridgehead atoms. The monoisotopic (exact) mass is 199 g/mol. The molecule has 3 nitrogen and oxygen atoms in total. The Labute approximate surface area is 82.0 Å². The number of nitrogens with one attached hydrogen (secondary N) is 1. The fraction of sp³-hybridized carbons (Fsp3) is 0.556. The van der Waals surface area contributed by atoms with Gasteiger partial charge >= 0.3 is 0 Å². The standard InChI is InChI=1S/C9H13NO2S/c11-6-8-7-13-5-3-1-2-4-9(12)10-8/h3,5-6,8H,1-2,4,7H2,(H,10,12). The molecule has 0 aromatic carbocycles. The van der Waals surface area contributed by atoms with Crippen LogP contribution in [0.2, 0.25) is 0 Å². The van der Waals surface area contributed by atoms with Gasteiger partial charge in [-0.3, -0.25) is 4.79 Å². The van der Waals surface area contributed by atoms with E-state index < -0.39 is 0 Å². The van der Waals surface area contributed by atoms with Crippen molar-refractivity contribution < 1.29 is 9.59 Å². The van der Waals surface area contributed by atoms with Crippen molar-refractivity contribution in [2.45, 2.75) is 25.3 Å². The molecular weight excluding hydrogens is 186 g/mol. The van der Waals surface area contributed by atoms with Gasteiger partial charge in [0.2, 0.25) is 5.91 Å². The van der Waals surface area contributed by atoms with Gasteiger partial charge in [0, 0.05) is 12.2 Å². The van der Waals surface area contributed by atoms with E-state index in [-0.39, 0.29) is 11.9 Å². The maximum atomic E-state index is 11.2. The summed E-state index contributed by atoms with van der Waals surface area (Å²) in [6.07, 6.45) is 5.14. The van der Waals surface area contributed by atoms with Gasteiger partial charge in [-0.15, -0.1) is 11.8 Å². The zero-order chi connectivity index (χ0) is 9.52. The third kappa shape index (κ3) is 4.12. The molecule has 0 aliphatic carbocycles. The van der Waals surface area contributed by atoms with Crippen molar-refractivity contribution in [3.63, 3.8) is 0 Å². The number of carbonyl (C=O) groups is 2. The van der Waals surface area contributed by atoms with Crippen LogP contribution in [0, 0.1) is 0 Å². The highest BCUT2D eigenvalue weighted by atomic mass is 32.2. The molecule has 0 saturated heterocycles. The summed E-state index contributed by atoms with van der Waals surface area (Å²) in [5, 5.41) is 4.67. The van der Waals surface area contributed by atoms with Crippen LogP contribution in [0.4, 0.5) is 0 Å². The minimum Gasteiger partial charge on any atom is -0.346 e. The van der Waals surface area contributed by atoms with E-state index >= 15 is 0 Å². The van der Waals surface area contributed by atoms with Crippen LogP contribution in [-0.4, -0.2) is 24.0 Å². The molecule has 0 fully saturated rings. The van der Waals surface area contributed by atoms with E-state index in [0.717, 1.165) is 19.1 Å². The molecule has 1 amide bonds. The Morgan fingerprint density at radius 1 is 1.62 bits per heavy atom. The second kappa shape index (κ2) is 5.80. The Morgan fingerprint density at radius 3 is 3.23 bits per heavy atom. The van der Waals surface area contributed by atoms with E-state index in [1.807, 2.05) is 11.5 Å². The summed E-state index contributed by atoms with van der Waals surface area (Å²) in [7, 11) is 0. The summed E-state index contributed by atoms with van der Waals surface area (Å²) in [6, 6.07) is -0.333. The predicted octanol–water partition coefficient (Wildman–Crippen LogP) is 1.10. The zero-order valence-corrected chi connectivity index (χ0v) is 8.18. The Bertz CT molecular complexity index is 216. The second-order valence-corrected chi connectivity index (χ2v) is 3.85. The molecule has 1 N–H and O–H groups in total. The Balaban J connectivity index is 2.49. The Kier molecular flexibility index (Phi) is 4.60. The van der Waals surface area contributed by atoms with Crippen molar-refractivity contribution in [2.24, 2.45) is 0 Å². The van der Waals surface area contributed by atoms with E-state index in [9.17, 15) is 9.59 Å². The normalized spacial score (nSPS) is 24.9. The molecule has 1 heterocycles. The molecule has 0 saturated carbocycles. The molecule has 1 atom stereocenters. The summed E-state index contributed by atoms with van der Waals surface area (Å²) in [5.74, 6) is 0.610. The summed E-state index contributed by atoms with van der Waals surface area (Å²) >= 11 is 1.56. The van der Waals surface area contributed by atoms with Crippen LogP contribution in [0.15, 0.2) is 11.5 Å². The van der Waals surface area contributed by atoms with Crippen LogP contribution in [0.3, 0.4) is 0 Å². The highest BCUT2D eigenvalue weighted by Gasteiger charge is 2.10. The van der Waals surface area contributed by atoms with E-state index in [1.165, 1.54) is 0 Å². The van der Waals surface area contributed by atoms with Crippen molar-refractivity contribution >= 4 is 24.0 Å². The molecule has 0 radical (unpaired) electrons. The van der Waals surface area contributed by atoms with Crippen LogP contribution in [0.1, 0.15) is 19.3 Å². The molecule has 0 aromatic rings. The van der Waals surface area contributed by atoms with E-state index in [2.05, 4.69) is 5.32 Å². The van der Waals surface area contributed by atoms with E-state index in [0.29, 0.717) is 12.2 Å². The van der Waals surface area contributed by atoms with Crippen LogP contribution in [0.5, 0.6) is 0 Å². The number of hydrogen-bond acceptors (Lipinski definition) is 3. The lowest BCUT2D eigenvalue weighted by Crippen LogP contribution is -2.37. The van der Waals surface area contributed by atoms with Gasteiger partial charge in [0.1, 0.15) is 6.29 Å². The third-order valence-electron chi connectivity index (χ3n) is 1.75. The van der Waals surface area contributed by atoms with Gasteiger partial charge in [-0.25, -0.2) is 0 Å². The summed E-state index contributed by atoms with van der Waals surface area (Å²) < 4.78 is 0. The Morgan fingerprint density at radius 2 is 2.46 bits per heavy atom.